The second-order valence-corrected chi connectivity index (χ2v) is 8.67. The fourth-order valence-electron chi connectivity index (χ4n) is 4.23. The molecular formula is C19H26BFN2O3. The van der Waals surface area contributed by atoms with E-state index in [1.54, 1.807) is 6.92 Å². The van der Waals surface area contributed by atoms with Crippen LogP contribution in [0.4, 0.5) is 10.1 Å². The van der Waals surface area contributed by atoms with E-state index in [1.807, 2.05) is 44.7 Å². The molecule has 0 N–H and O–H groups in total. The van der Waals surface area contributed by atoms with E-state index in [1.165, 1.54) is 6.07 Å². The van der Waals surface area contributed by atoms with Crippen LogP contribution in [0.1, 0.15) is 41.0 Å². The van der Waals surface area contributed by atoms with Gasteiger partial charge in [-0.1, -0.05) is 6.07 Å². The molecule has 26 heavy (non-hydrogen) atoms. The smallest absolute Gasteiger partial charge is 0.399 e. The first-order valence-electron chi connectivity index (χ1n) is 9.28. The minimum Gasteiger partial charge on any atom is -0.399 e. The second-order valence-electron chi connectivity index (χ2n) is 8.67. The maximum Gasteiger partial charge on any atom is 0.494 e. The normalized spacial score (nSPS) is 28.9. The summed E-state index contributed by atoms with van der Waals surface area (Å²) in [7, 11) is -0.563. The van der Waals surface area contributed by atoms with Crippen molar-refractivity contribution in [3.8, 4) is 0 Å². The van der Waals surface area contributed by atoms with Gasteiger partial charge in [-0.3, -0.25) is 4.79 Å². The summed E-state index contributed by atoms with van der Waals surface area (Å²) in [5, 5.41) is 0. The molecule has 3 aliphatic heterocycles. The van der Waals surface area contributed by atoms with Crippen molar-refractivity contribution in [2.75, 3.05) is 18.0 Å². The lowest BCUT2D eigenvalue weighted by molar-refractivity contribution is -0.129. The zero-order chi connectivity index (χ0) is 18.9. The van der Waals surface area contributed by atoms with E-state index in [-0.39, 0.29) is 23.8 Å². The second kappa shape index (κ2) is 5.70. The predicted molar refractivity (Wildman–Crippen MR) is 99.0 cm³/mol. The zero-order valence-electron chi connectivity index (χ0n) is 16.1. The summed E-state index contributed by atoms with van der Waals surface area (Å²) in [6.07, 6.45) is 0.915. The number of amides is 1. The lowest BCUT2D eigenvalue weighted by atomic mass is 9.79. The number of rotatable bonds is 2. The molecule has 1 aromatic carbocycles. The Kier molecular flexibility index (Phi) is 3.90. The van der Waals surface area contributed by atoms with Crippen LogP contribution in [0.2, 0.25) is 0 Å². The molecule has 2 atom stereocenters. The summed E-state index contributed by atoms with van der Waals surface area (Å²) in [4.78, 5) is 15.6. The van der Waals surface area contributed by atoms with Gasteiger partial charge in [-0.05, 0) is 51.7 Å². The van der Waals surface area contributed by atoms with E-state index in [9.17, 15) is 9.18 Å². The largest absolute Gasteiger partial charge is 0.494 e. The third-order valence-electron chi connectivity index (χ3n) is 6.45. The molecule has 3 saturated heterocycles. The molecule has 0 spiro atoms. The summed E-state index contributed by atoms with van der Waals surface area (Å²) in [5.74, 6) is -0.159. The minimum absolute atomic E-state index is 0.105. The average Bonchev–Trinajstić information content (AvgIpc) is 3.18. The molecule has 7 heteroatoms. The number of likely N-dealkylation sites (tertiary alicyclic amines) is 1. The van der Waals surface area contributed by atoms with Gasteiger partial charge >= 0.3 is 7.12 Å². The maximum absolute atomic E-state index is 14.9. The van der Waals surface area contributed by atoms with Crippen LogP contribution in [0.5, 0.6) is 0 Å². The first kappa shape index (κ1) is 17.8. The lowest BCUT2D eigenvalue weighted by Crippen LogP contribution is -2.48. The monoisotopic (exact) mass is 360 g/mol. The van der Waals surface area contributed by atoms with Gasteiger partial charge in [0.15, 0.2) is 0 Å². The van der Waals surface area contributed by atoms with Crippen molar-refractivity contribution in [3.63, 3.8) is 0 Å². The van der Waals surface area contributed by atoms with Crippen molar-refractivity contribution in [2.24, 2.45) is 0 Å². The highest BCUT2D eigenvalue weighted by Crippen LogP contribution is 2.38. The molecule has 2 bridgehead atoms. The highest BCUT2D eigenvalue weighted by Gasteiger charge is 2.52. The van der Waals surface area contributed by atoms with Crippen molar-refractivity contribution in [3.05, 3.63) is 24.0 Å². The third-order valence-corrected chi connectivity index (χ3v) is 6.45. The van der Waals surface area contributed by atoms with Gasteiger partial charge in [0.05, 0.1) is 22.9 Å². The first-order valence-corrected chi connectivity index (χ1v) is 9.28. The number of benzene rings is 1. The van der Waals surface area contributed by atoms with Gasteiger partial charge in [0.2, 0.25) is 5.91 Å². The number of hydrogen-bond acceptors (Lipinski definition) is 4. The van der Waals surface area contributed by atoms with Crippen LogP contribution in [0.25, 0.3) is 0 Å². The van der Waals surface area contributed by atoms with Crippen molar-refractivity contribution in [1.82, 2.24) is 4.90 Å². The van der Waals surface area contributed by atoms with Gasteiger partial charge in [0.1, 0.15) is 5.82 Å². The minimum atomic E-state index is -0.563. The van der Waals surface area contributed by atoms with Gasteiger partial charge in [0.25, 0.3) is 0 Å². The molecule has 3 fully saturated rings. The van der Waals surface area contributed by atoms with E-state index in [4.69, 9.17) is 9.31 Å². The number of halogens is 1. The number of hydrogen-bond donors (Lipinski definition) is 0. The Balaban J connectivity index is 1.53. The summed E-state index contributed by atoms with van der Waals surface area (Å²) < 4.78 is 26.9. The molecule has 0 aliphatic carbocycles. The molecule has 0 radical (unpaired) electrons. The Morgan fingerprint density at radius 2 is 1.81 bits per heavy atom. The SMILES string of the molecule is CC(=O)N1C[C@@H]2C[C@H]1CN2c1ccc(B2OC(C)(C)C(C)(C)O2)cc1F. The van der Waals surface area contributed by atoms with Gasteiger partial charge < -0.3 is 19.1 Å². The molecule has 1 amide bonds. The standard InChI is InChI=1S/C19H26BFN2O3/c1-12(24)22-10-15-9-14(22)11-23(15)17-7-6-13(8-16(17)21)20-25-18(2,3)19(4,5)26-20/h6-8,14-15H,9-11H2,1-5H3/t14-,15-/m0/s1. The van der Waals surface area contributed by atoms with E-state index in [2.05, 4.69) is 4.90 Å². The Hall–Kier alpha value is -1.60. The first-order chi connectivity index (χ1) is 12.1. The van der Waals surface area contributed by atoms with Crippen LogP contribution in [0.15, 0.2) is 18.2 Å². The number of fused-ring (bicyclic) bond motifs is 2. The molecule has 3 heterocycles. The molecule has 5 nitrogen and oxygen atoms in total. The maximum atomic E-state index is 14.9. The lowest BCUT2D eigenvalue weighted by Gasteiger charge is -2.35. The molecule has 4 rings (SSSR count). The number of piperazine rings is 1. The zero-order valence-corrected chi connectivity index (χ0v) is 16.1. The number of carbonyl (C=O) groups is 1. The molecular weight excluding hydrogens is 334 g/mol. The summed E-state index contributed by atoms with van der Waals surface area (Å²) in [5.41, 5.74) is 0.398. The topological polar surface area (TPSA) is 42.0 Å². The Morgan fingerprint density at radius 1 is 1.15 bits per heavy atom. The number of carbonyl (C=O) groups excluding carboxylic acids is 1. The number of nitrogens with zero attached hydrogens (tertiary/aromatic N) is 2. The van der Waals surface area contributed by atoms with Crippen LogP contribution < -0.4 is 10.4 Å². The van der Waals surface area contributed by atoms with Gasteiger partial charge in [0, 0.05) is 26.1 Å². The van der Waals surface area contributed by atoms with Crippen LogP contribution in [-0.2, 0) is 14.1 Å². The van der Waals surface area contributed by atoms with E-state index in [0.29, 0.717) is 24.2 Å². The van der Waals surface area contributed by atoms with E-state index in [0.717, 1.165) is 6.42 Å². The average molecular weight is 360 g/mol. The van der Waals surface area contributed by atoms with Gasteiger partial charge in [-0.15, -0.1) is 0 Å². The van der Waals surface area contributed by atoms with Crippen molar-refractivity contribution >= 4 is 24.2 Å². The summed E-state index contributed by atoms with van der Waals surface area (Å²) >= 11 is 0. The third kappa shape index (κ3) is 2.64. The van der Waals surface area contributed by atoms with Crippen LogP contribution in [0, 0.1) is 5.82 Å². The molecule has 1 aromatic rings. The Bertz CT molecular complexity index is 738. The predicted octanol–water partition coefficient (Wildman–Crippen LogP) is 1.93. The molecule has 0 aromatic heterocycles. The van der Waals surface area contributed by atoms with Crippen LogP contribution >= 0.6 is 0 Å². The van der Waals surface area contributed by atoms with Crippen molar-refractivity contribution < 1.29 is 18.5 Å². The van der Waals surface area contributed by atoms with E-state index < -0.39 is 18.3 Å². The fraction of sp³-hybridized carbons (Fsp3) is 0.632. The molecule has 0 unspecified atom stereocenters. The van der Waals surface area contributed by atoms with Crippen molar-refractivity contribution in [1.29, 1.82) is 0 Å². The highest BCUT2D eigenvalue weighted by molar-refractivity contribution is 6.62. The molecule has 0 saturated carbocycles. The fourth-order valence-corrected chi connectivity index (χ4v) is 4.23. The van der Waals surface area contributed by atoms with Crippen molar-refractivity contribution in [2.45, 2.75) is 64.3 Å². The quantitative estimate of drug-likeness (QED) is 0.756. The Labute approximate surface area is 154 Å². The van der Waals surface area contributed by atoms with E-state index >= 15 is 0 Å². The van der Waals surface area contributed by atoms with Gasteiger partial charge in [-0.2, -0.15) is 0 Å². The van der Waals surface area contributed by atoms with Crippen LogP contribution in [-0.4, -0.2) is 54.3 Å². The highest BCUT2D eigenvalue weighted by atomic mass is 19.1. The summed E-state index contributed by atoms with van der Waals surface area (Å²) in [6.45, 7) is 10.9. The Morgan fingerprint density at radius 3 is 2.31 bits per heavy atom. The number of anilines is 1. The van der Waals surface area contributed by atoms with Gasteiger partial charge in [-0.25, -0.2) is 4.39 Å². The summed E-state index contributed by atoms with van der Waals surface area (Å²) in [6, 6.07) is 5.61. The molecule has 3 aliphatic rings. The van der Waals surface area contributed by atoms with Crippen LogP contribution in [0.3, 0.4) is 0 Å². The molecule has 140 valence electrons.